The van der Waals surface area contributed by atoms with Gasteiger partial charge in [0.1, 0.15) is 10.6 Å². The van der Waals surface area contributed by atoms with Gasteiger partial charge in [0.05, 0.1) is 20.3 Å². The van der Waals surface area contributed by atoms with Crippen LogP contribution >= 0.6 is 0 Å². The van der Waals surface area contributed by atoms with E-state index >= 15 is 0 Å². The topological polar surface area (TPSA) is 88.2 Å². The van der Waals surface area contributed by atoms with Crippen molar-refractivity contribution < 1.29 is 22.7 Å². The van der Waals surface area contributed by atoms with Gasteiger partial charge in [-0.25, -0.2) is 8.42 Å². The Hall–Kier alpha value is -2.62. The van der Waals surface area contributed by atoms with E-state index < -0.39 is 10.0 Å². The van der Waals surface area contributed by atoms with Crippen LogP contribution in [0.1, 0.15) is 29.6 Å². The number of morpholine rings is 1. The number of methoxy groups -OCH3 is 1. The number of carbonyl (C=O) groups excluding carboxylic acids is 1. The molecule has 8 nitrogen and oxygen atoms in total. The van der Waals surface area contributed by atoms with Gasteiger partial charge >= 0.3 is 0 Å². The molecule has 2 aromatic rings. The number of nitrogens with zero attached hydrogens (tertiary/aromatic N) is 2. The third-order valence-electron chi connectivity index (χ3n) is 5.84. The van der Waals surface area contributed by atoms with E-state index in [0.717, 1.165) is 18.8 Å². The Bertz CT molecular complexity index is 1060. The van der Waals surface area contributed by atoms with Crippen LogP contribution in [0.25, 0.3) is 0 Å². The second-order valence-corrected chi connectivity index (χ2v) is 9.84. The highest BCUT2D eigenvalue weighted by atomic mass is 32.2. The van der Waals surface area contributed by atoms with Crippen LogP contribution in [-0.2, 0) is 14.8 Å². The van der Waals surface area contributed by atoms with Gasteiger partial charge in [0, 0.05) is 43.1 Å². The van der Waals surface area contributed by atoms with E-state index in [2.05, 4.69) is 10.2 Å². The predicted octanol–water partition coefficient (Wildman–Crippen LogP) is 2.96. The van der Waals surface area contributed by atoms with E-state index in [9.17, 15) is 13.2 Å². The third kappa shape index (κ3) is 4.90. The highest BCUT2D eigenvalue weighted by molar-refractivity contribution is 7.89. The zero-order valence-corrected chi connectivity index (χ0v) is 19.1. The monoisotopic (exact) mass is 459 g/mol. The lowest BCUT2D eigenvalue weighted by Gasteiger charge is -2.29. The Morgan fingerprint density at radius 2 is 1.75 bits per heavy atom. The number of hydrogen-bond acceptors (Lipinski definition) is 6. The molecule has 2 aliphatic rings. The zero-order valence-electron chi connectivity index (χ0n) is 18.2. The van der Waals surface area contributed by atoms with E-state index in [1.54, 1.807) is 6.07 Å². The molecule has 9 heteroatoms. The minimum atomic E-state index is -3.81. The van der Waals surface area contributed by atoms with Crippen LogP contribution in [-0.4, -0.2) is 65.1 Å². The van der Waals surface area contributed by atoms with Crippen molar-refractivity contribution in [2.24, 2.45) is 0 Å². The Morgan fingerprint density at radius 1 is 1.00 bits per heavy atom. The summed E-state index contributed by atoms with van der Waals surface area (Å²) in [4.78, 5) is 15.3. The highest BCUT2D eigenvalue weighted by Crippen LogP contribution is 2.29. The second kappa shape index (κ2) is 9.89. The molecule has 0 spiro atoms. The number of rotatable bonds is 6. The molecule has 0 aliphatic carbocycles. The number of hydrogen-bond donors (Lipinski definition) is 1. The van der Waals surface area contributed by atoms with Crippen LogP contribution in [0.5, 0.6) is 5.75 Å². The van der Waals surface area contributed by atoms with E-state index in [1.165, 1.54) is 42.8 Å². The lowest BCUT2D eigenvalue weighted by Crippen LogP contribution is -2.40. The van der Waals surface area contributed by atoms with Gasteiger partial charge in [0.15, 0.2) is 0 Å². The Kier molecular flexibility index (Phi) is 6.98. The van der Waals surface area contributed by atoms with Crippen molar-refractivity contribution in [1.82, 2.24) is 4.31 Å². The fraction of sp³-hybridized carbons (Fsp3) is 0.435. The van der Waals surface area contributed by atoms with Crippen LogP contribution in [0, 0.1) is 0 Å². The third-order valence-corrected chi connectivity index (χ3v) is 7.76. The minimum absolute atomic E-state index is 0.0170. The number of nitrogens with one attached hydrogen (secondary N) is 1. The molecule has 32 heavy (non-hydrogen) atoms. The van der Waals surface area contributed by atoms with Gasteiger partial charge in [-0.2, -0.15) is 4.31 Å². The summed E-state index contributed by atoms with van der Waals surface area (Å²) in [7, 11) is -2.40. The van der Waals surface area contributed by atoms with E-state index in [0.29, 0.717) is 18.9 Å². The highest BCUT2D eigenvalue weighted by Gasteiger charge is 2.30. The first-order valence-corrected chi connectivity index (χ1v) is 12.4. The lowest BCUT2D eigenvalue weighted by atomic mass is 10.1. The Morgan fingerprint density at radius 3 is 2.47 bits per heavy atom. The largest absolute Gasteiger partial charge is 0.495 e. The van der Waals surface area contributed by atoms with E-state index in [4.69, 9.17) is 9.47 Å². The van der Waals surface area contributed by atoms with Gasteiger partial charge in [-0.05, 0) is 55.7 Å². The maximum Gasteiger partial charge on any atom is 0.255 e. The molecule has 4 rings (SSSR count). The maximum atomic E-state index is 13.2. The summed E-state index contributed by atoms with van der Waals surface area (Å²) in [5.41, 5.74) is 2.00. The molecule has 0 bridgehead atoms. The average molecular weight is 460 g/mol. The molecule has 2 fully saturated rings. The summed E-state index contributed by atoms with van der Waals surface area (Å²) in [6.45, 7) is 3.25. The molecule has 0 atom stereocenters. The molecule has 2 heterocycles. The predicted molar refractivity (Wildman–Crippen MR) is 123 cm³/mol. The number of sulfonamides is 1. The molecule has 1 amide bonds. The smallest absolute Gasteiger partial charge is 0.255 e. The molecule has 0 unspecified atom stereocenters. The molecular formula is C23H29N3O5S. The van der Waals surface area contributed by atoms with Gasteiger partial charge in [-0.15, -0.1) is 0 Å². The van der Waals surface area contributed by atoms with Crippen molar-refractivity contribution in [2.45, 2.75) is 24.2 Å². The van der Waals surface area contributed by atoms with Crippen LogP contribution in [0.3, 0.4) is 0 Å². The number of carbonyl (C=O) groups is 1. The van der Waals surface area contributed by atoms with Crippen LogP contribution in [0.2, 0.25) is 0 Å². The molecule has 0 saturated carbocycles. The van der Waals surface area contributed by atoms with Crippen molar-refractivity contribution in [2.75, 3.05) is 56.7 Å². The lowest BCUT2D eigenvalue weighted by molar-refractivity contribution is 0.0729. The van der Waals surface area contributed by atoms with Crippen molar-refractivity contribution >= 4 is 27.3 Å². The standard InChI is InChI=1S/C23H29N3O5S/c1-30-21-9-8-18(16-22(21)32(28,29)26-12-14-31-15-13-26)23(27)24-19-6-5-7-20(17-19)25-10-3-2-4-11-25/h5-9,16-17H,2-4,10-15H2,1H3,(H,24,27). The van der Waals surface area contributed by atoms with Crippen molar-refractivity contribution in [3.8, 4) is 5.75 Å². The van der Waals surface area contributed by atoms with Gasteiger partial charge < -0.3 is 19.7 Å². The first-order chi connectivity index (χ1) is 15.5. The SMILES string of the molecule is COc1ccc(C(=O)Nc2cccc(N3CCCCC3)c2)cc1S(=O)(=O)N1CCOCC1. The molecule has 1 N–H and O–H groups in total. The summed E-state index contributed by atoms with van der Waals surface area (Å²) in [5, 5.41) is 2.90. The molecule has 2 saturated heterocycles. The summed E-state index contributed by atoms with van der Waals surface area (Å²) < 4.78 is 38.3. The maximum absolute atomic E-state index is 13.2. The molecular weight excluding hydrogens is 430 g/mol. The second-order valence-electron chi connectivity index (χ2n) is 7.93. The number of amides is 1. The van der Waals surface area contributed by atoms with Gasteiger partial charge in [-0.3, -0.25) is 4.79 Å². The summed E-state index contributed by atoms with van der Waals surface area (Å²) >= 11 is 0. The summed E-state index contributed by atoms with van der Waals surface area (Å²) in [5.74, 6) is -0.165. The quantitative estimate of drug-likeness (QED) is 0.715. The Labute approximate surface area is 189 Å². The number of anilines is 2. The fourth-order valence-corrected chi connectivity index (χ4v) is 5.67. The average Bonchev–Trinajstić information content (AvgIpc) is 2.85. The molecule has 2 aliphatic heterocycles. The van der Waals surface area contributed by atoms with Crippen LogP contribution < -0.4 is 15.0 Å². The molecule has 0 radical (unpaired) electrons. The number of piperidine rings is 1. The fourth-order valence-electron chi connectivity index (χ4n) is 4.08. The molecule has 2 aromatic carbocycles. The summed E-state index contributed by atoms with van der Waals surface area (Å²) in [6.07, 6.45) is 3.59. The van der Waals surface area contributed by atoms with E-state index in [1.807, 2.05) is 24.3 Å². The molecule has 172 valence electrons. The van der Waals surface area contributed by atoms with Crippen molar-refractivity contribution in [3.05, 3.63) is 48.0 Å². The number of ether oxygens (including phenoxy) is 2. The van der Waals surface area contributed by atoms with Crippen molar-refractivity contribution in [3.63, 3.8) is 0 Å². The zero-order chi connectivity index (χ0) is 22.6. The van der Waals surface area contributed by atoms with Gasteiger partial charge in [0.2, 0.25) is 10.0 Å². The van der Waals surface area contributed by atoms with Crippen LogP contribution in [0.15, 0.2) is 47.4 Å². The van der Waals surface area contributed by atoms with Gasteiger partial charge in [0.25, 0.3) is 5.91 Å². The van der Waals surface area contributed by atoms with Gasteiger partial charge in [-0.1, -0.05) is 6.07 Å². The minimum Gasteiger partial charge on any atom is -0.495 e. The number of benzene rings is 2. The van der Waals surface area contributed by atoms with Crippen molar-refractivity contribution in [1.29, 1.82) is 0 Å². The van der Waals surface area contributed by atoms with E-state index in [-0.39, 0.29) is 35.2 Å². The summed E-state index contributed by atoms with van der Waals surface area (Å²) in [6, 6.07) is 12.2. The molecule has 0 aromatic heterocycles. The Balaban J connectivity index is 1.56. The first kappa shape index (κ1) is 22.6. The first-order valence-electron chi connectivity index (χ1n) is 10.9. The normalized spacial score (nSPS) is 17.7. The van der Waals surface area contributed by atoms with Crippen LogP contribution in [0.4, 0.5) is 11.4 Å².